The van der Waals surface area contributed by atoms with Crippen molar-refractivity contribution in [3.63, 3.8) is 0 Å². The van der Waals surface area contributed by atoms with Crippen molar-refractivity contribution in [2.24, 2.45) is 0 Å². The molecule has 0 radical (unpaired) electrons. The maximum Gasteiger partial charge on any atom is 0.335 e. The van der Waals surface area contributed by atoms with Crippen LogP contribution in [0.4, 0.5) is 19.3 Å². The number of ether oxygens (including phenoxy) is 2. The number of benzene rings is 2. The minimum Gasteiger partial charge on any atom is -0.491 e. The van der Waals surface area contributed by atoms with Crippen molar-refractivity contribution in [3.8, 4) is 5.75 Å². The van der Waals surface area contributed by atoms with Gasteiger partial charge in [0.15, 0.2) is 11.6 Å². The van der Waals surface area contributed by atoms with Gasteiger partial charge in [-0.15, -0.1) is 0 Å². The Hall–Kier alpha value is -3.73. The Morgan fingerprint density at radius 2 is 1.78 bits per heavy atom. The molecule has 0 saturated carbocycles. The monoisotopic (exact) mass is 470 g/mol. The number of imide groups is 1. The largest absolute Gasteiger partial charge is 0.491 e. The van der Waals surface area contributed by atoms with Crippen LogP contribution in [0.5, 0.6) is 5.75 Å². The minimum absolute atomic E-state index is 0.00212. The fraction of sp³-hybridized carbons (Fsp3) is 0.200. The number of esters is 1. The quantitative estimate of drug-likeness (QED) is 0.305. The summed E-state index contributed by atoms with van der Waals surface area (Å²) in [4.78, 5) is 46.7. The summed E-state index contributed by atoms with van der Waals surface area (Å²) in [5.41, 5.74) is -0.598. The van der Waals surface area contributed by atoms with Crippen molar-refractivity contribution < 1.29 is 42.5 Å². The van der Waals surface area contributed by atoms with Gasteiger partial charge in [-0.3, -0.25) is 14.9 Å². The molecule has 0 aliphatic carbocycles. The molecule has 0 aromatic heterocycles. The SMILES string of the molecule is COC(=O)CCCOc1cc(C(=O)O)ccc1NC(=O)NC(=O)c1cc(F)c(F)cc1Cl. The van der Waals surface area contributed by atoms with Crippen LogP contribution >= 0.6 is 11.6 Å². The number of nitrogens with one attached hydrogen (secondary N) is 2. The molecule has 0 spiro atoms. The molecule has 2 rings (SSSR count). The number of hydrogen-bond donors (Lipinski definition) is 3. The first-order valence-electron chi connectivity index (χ1n) is 8.96. The zero-order chi connectivity index (χ0) is 23.8. The number of carbonyl (C=O) groups excluding carboxylic acids is 3. The van der Waals surface area contributed by atoms with Crippen LogP contribution in [0.1, 0.15) is 33.6 Å². The van der Waals surface area contributed by atoms with Gasteiger partial charge in [0.1, 0.15) is 5.75 Å². The van der Waals surface area contributed by atoms with Crippen molar-refractivity contribution in [1.82, 2.24) is 5.32 Å². The van der Waals surface area contributed by atoms with Gasteiger partial charge in [-0.2, -0.15) is 0 Å². The van der Waals surface area contributed by atoms with Crippen molar-refractivity contribution in [3.05, 3.63) is 58.1 Å². The molecule has 3 N–H and O–H groups in total. The number of aromatic carboxylic acids is 1. The van der Waals surface area contributed by atoms with Gasteiger partial charge in [-0.25, -0.2) is 18.4 Å². The molecule has 32 heavy (non-hydrogen) atoms. The zero-order valence-electron chi connectivity index (χ0n) is 16.5. The summed E-state index contributed by atoms with van der Waals surface area (Å²) in [5, 5.41) is 12.9. The van der Waals surface area contributed by atoms with E-state index in [1.54, 1.807) is 0 Å². The van der Waals surface area contributed by atoms with Gasteiger partial charge in [-0.1, -0.05) is 11.6 Å². The number of hydrogen-bond acceptors (Lipinski definition) is 6. The highest BCUT2D eigenvalue weighted by Gasteiger charge is 2.19. The molecule has 0 bridgehead atoms. The Labute approximate surface area is 185 Å². The Balaban J connectivity index is 2.11. The van der Waals surface area contributed by atoms with Crippen LogP contribution in [-0.4, -0.2) is 42.7 Å². The highest BCUT2D eigenvalue weighted by atomic mass is 35.5. The molecule has 0 unspecified atom stereocenters. The Bertz CT molecular complexity index is 1060. The first-order valence-corrected chi connectivity index (χ1v) is 9.34. The fourth-order valence-corrected chi connectivity index (χ4v) is 2.64. The van der Waals surface area contributed by atoms with E-state index in [9.17, 15) is 28.0 Å². The fourth-order valence-electron chi connectivity index (χ4n) is 2.40. The maximum atomic E-state index is 13.4. The minimum atomic E-state index is -1.33. The van der Waals surface area contributed by atoms with E-state index in [-0.39, 0.29) is 36.4 Å². The van der Waals surface area contributed by atoms with Gasteiger partial charge in [0.05, 0.1) is 35.6 Å². The predicted octanol–water partition coefficient (Wildman–Crippen LogP) is 3.61. The van der Waals surface area contributed by atoms with Gasteiger partial charge in [-0.05, 0) is 36.8 Å². The summed E-state index contributed by atoms with van der Waals surface area (Å²) in [7, 11) is 1.23. The summed E-state index contributed by atoms with van der Waals surface area (Å²) in [6, 6.07) is 3.62. The van der Waals surface area contributed by atoms with E-state index in [4.69, 9.17) is 21.4 Å². The van der Waals surface area contributed by atoms with Crippen LogP contribution in [0.25, 0.3) is 0 Å². The number of carbonyl (C=O) groups is 4. The van der Waals surface area contributed by atoms with Gasteiger partial charge in [0.2, 0.25) is 0 Å². The molecule has 9 nitrogen and oxygen atoms in total. The van der Waals surface area contributed by atoms with Crippen molar-refractivity contribution in [2.75, 3.05) is 19.0 Å². The second-order valence-electron chi connectivity index (χ2n) is 6.20. The third-order valence-corrected chi connectivity index (χ3v) is 4.28. The highest BCUT2D eigenvalue weighted by Crippen LogP contribution is 2.27. The van der Waals surface area contributed by atoms with Crippen molar-refractivity contribution in [2.45, 2.75) is 12.8 Å². The number of halogens is 3. The molecule has 0 aliphatic heterocycles. The van der Waals surface area contributed by atoms with Crippen LogP contribution in [0.3, 0.4) is 0 Å². The summed E-state index contributed by atoms with van der Waals surface area (Å²) < 4.78 is 36.5. The smallest absolute Gasteiger partial charge is 0.335 e. The van der Waals surface area contributed by atoms with Gasteiger partial charge in [0, 0.05) is 6.42 Å². The van der Waals surface area contributed by atoms with E-state index < -0.39 is 46.1 Å². The maximum absolute atomic E-state index is 13.4. The van der Waals surface area contributed by atoms with E-state index in [2.05, 4.69) is 10.1 Å². The molecule has 0 heterocycles. The number of methoxy groups -OCH3 is 1. The molecule has 12 heteroatoms. The van der Waals surface area contributed by atoms with Gasteiger partial charge in [0.25, 0.3) is 5.91 Å². The summed E-state index contributed by atoms with van der Waals surface area (Å²) in [6.45, 7) is -0.00212. The highest BCUT2D eigenvalue weighted by molar-refractivity contribution is 6.34. The predicted molar refractivity (Wildman–Crippen MR) is 108 cm³/mol. The van der Waals surface area contributed by atoms with E-state index in [0.717, 1.165) is 6.07 Å². The Morgan fingerprint density at radius 3 is 2.44 bits per heavy atom. The molecule has 0 fully saturated rings. The molecular weight excluding hydrogens is 454 g/mol. The lowest BCUT2D eigenvalue weighted by molar-refractivity contribution is -0.140. The average Bonchev–Trinajstić information content (AvgIpc) is 2.74. The second-order valence-corrected chi connectivity index (χ2v) is 6.61. The topological polar surface area (TPSA) is 131 Å². The van der Waals surface area contributed by atoms with Gasteiger partial charge >= 0.3 is 18.0 Å². The zero-order valence-corrected chi connectivity index (χ0v) is 17.3. The van der Waals surface area contributed by atoms with Crippen LogP contribution < -0.4 is 15.4 Å². The standard InChI is InChI=1S/C20H17ClF2N2O7/c1-31-17(26)3-2-6-32-16-7-10(19(28)29)4-5-15(16)24-20(30)25-18(27)11-8-13(22)14(23)9-12(11)21/h4-5,7-9H,2-3,6H2,1H3,(H,28,29)(H2,24,25,27,30). The van der Waals surface area contributed by atoms with E-state index in [1.165, 1.54) is 19.2 Å². The number of carboxylic acids is 1. The van der Waals surface area contributed by atoms with Crippen LogP contribution in [0.2, 0.25) is 5.02 Å². The lowest BCUT2D eigenvalue weighted by Crippen LogP contribution is -2.34. The molecule has 0 saturated heterocycles. The van der Waals surface area contributed by atoms with Gasteiger partial charge < -0.3 is 19.9 Å². The van der Waals surface area contributed by atoms with Crippen molar-refractivity contribution in [1.29, 1.82) is 0 Å². The lowest BCUT2D eigenvalue weighted by Gasteiger charge is -2.14. The number of rotatable bonds is 8. The number of urea groups is 1. The van der Waals surface area contributed by atoms with E-state index >= 15 is 0 Å². The first-order chi connectivity index (χ1) is 15.1. The molecular formula is C20H17ClF2N2O7. The molecule has 0 atom stereocenters. The Morgan fingerprint density at radius 1 is 1.09 bits per heavy atom. The van der Waals surface area contributed by atoms with Crippen LogP contribution in [0.15, 0.2) is 30.3 Å². The molecule has 170 valence electrons. The normalized spacial score (nSPS) is 10.2. The molecule has 0 aliphatic rings. The average molecular weight is 471 g/mol. The Kier molecular flexibility index (Phi) is 8.47. The second kappa shape index (κ2) is 11.0. The van der Waals surface area contributed by atoms with Crippen LogP contribution in [0, 0.1) is 11.6 Å². The number of amides is 3. The van der Waals surface area contributed by atoms with Crippen molar-refractivity contribution >= 4 is 41.2 Å². The van der Waals surface area contributed by atoms with E-state index in [0.29, 0.717) is 12.1 Å². The summed E-state index contributed by atoms with van der Waals surface area (Å²) >= 11 is 5.71. The summed E-state index contributed by atoms with van der Waals surface area (Å²) in [6.07, 6.45) is 0.310. The molecule has 3 amide bonds. The molecule has 2 aromatic carbocycles. The lowest BCUT2D eigenvalue weighted by atomic mass is 10.2. The number of anilines is 1. The first kappa shape index (κ1) is 24.5. The molecule has 2 aromatic rings. The van der Waals surface area contributed by atoms with Crippen LogP contribution in [-0.2, 0) is 9.53 Å². The third kappa shape index (κ3) is 6.64. The number of carboxylic acid groups (broad SMARTS) is 1. The van der Waals surface area contributed by atoms with E-state index in [1.807, 2.05) is 5.32 Å². The third-order valence-electron chi connectivity index (χ3n) is 3.97. The summed E-state index contributed by atoms with van der Waals surface area (Å²) in [5.74, 6) is -5.43.